The highest BCUT2D eigenvalue weighted by molar-refractivity contribution is 5.80. The molecule has 2 rings (SSSR count). The third-order valence-electron chi connectivity index (χ3n) is 6.60. The van der Waals surface area contributed by atoms with E-state index >= 15 is 0 Å². The summed E-state index contributed by atoms with van der Waals surface area (Å²) in [6, 6.07) is 0.748. The Kier molecular flexibility index (Phi) is 12.9. The summed E-state index contributed by atoms with van der Waals surface area (Å²) in [4.78, 5) is 22.8. The van der Waals surface area contributed by atoms with Gasteiger partial charge in [-0.2, -0.15) is 0 Å². The molecule has 2 fully saturated rings. The quantitative estimate of drug-likeness (QED) is 0.390. The molecule has 0 spiro atoms. The van der Waals surface area contributed by atoms with Gasteiger partial charge in [0.05, 0.1) is 6.61 Å². The molecule has 2 saturated carbocycles. The number of carbonyl (C=O) groups excluding carboxylic acids is 1. The number of aliphatic carboxylic acids is 1. The Morgan fingerprint density at radius 1 is 0.970 bits per heavy atom. The molecule has 6 heteroatoms. The number of carbonyl (C=O) groups is 2. The Morgan fingerprint density at radius 3 is 1.85 bits per heavy atom. The molecule has 0 aromatic carbocycles. The lowest BCUT2D eigenvalue weighted by Crippen LogP contribution is -2.49. The number of carboxylic acids is 1. The van der Waals surface area contributed by atoms with Crippen LogP contribution in [0.3, 0.4) is 0 Å². The van der Waals surface area contributed by atoms with Crippen molar-refractivity contribution in [3.63, 3.8) is 0 Å². The Morgan fingerprint density at radius 2 is 1.45 bits per heavy atom. The molecule has 6 nitrogen and oxygen atoms in total. The van der Waals surface area contributed by atoms with Crippen LogP contribution in [0.25, 0.3) is 0 Å². The van der Waals surface area contributed by atoms with Gasteiger partial charge in [0, 0.05) is 18.5 Å². The molecule has 0 bridgehead atoms. The topological polar surface area (TPSA) is 87.7 Å². The molecule has 0 unspecified atom stereocenters. The monoisotopic (exact) mass is 464 g/mol. The summed E-state index contributed by atoms with van der Waals surface area (Å²) in [7, 11) is 0. The lowest BCUT2D eigenvalue weighted by molar-refractivity contribution is -0.142. The highest BCUT2D eigenvalue weighted by atomic mass is 16.5. The number of nitrogens with one attached hydrogen (secondary N) is 2. The number of rotatable bonds is 8. The van der Waals surface area contributed by atoms with Crippen LogP contribution in [-0.4, -0.2) is 41.9 Å². The van der Waals surface area contributed by atoms with Crippen LogP contribution in [0.1, 0.15) is 112 Å². The van der Waals surface area contributed by atoms with Gasteiger partial charge >= 0.3 is 12.1 Å². The molecule has 2 aliphatic rings. The van der Waals surface area contributed by atoms with Crippen LogP contribution in [0.5, 0.6) is 0 Å². The summed E-state index contributed by atoms with van der Waals surface area (Å²) < 4.78 is 5.10. The largest absolute Gasteiger partial charge is 0.480 e. The predicted octanol–water partition coefficient (Wildman–Crippen LogP) is 5.89. The molecule has 3 N–H and O–H groups in total. The molecule has 190 valence electrons. The highest BCUT2D eigenvalue weighted by Crippen LogP contribution is 2.24. The molecule has 33 heavy (non-hydrogen) atoms. The zero-order valence-electron chi connectivity index (χ0n) is 21.7. The van der Waals surface area contributed by atoms with Gasteiger partial charge in [0.25, 0.3) is 0 Å². The normalized spacial score (nSPS) is 18.9. The first kappa shape index (κ1) is 29.3. The second kappa shape index (κ2) is 14.5. The maximum Gasteiger partial charge on any atom is 0.407 e. The summed E-state index contributed by atoms with van der Waals surface area (Å²) in [6.07, 6.45) is 20.4. The molecule has 1 amide bonds. The molecule has 0 aromatic rings. The number of ether oxygens (including phenoxy) is 1. The lowest BCUT2D eigenvalue weighted by atomic mass is 9.87. The summed E-state index contributed by atoms with van der Waals surface area (Å²) in [5.74, 6) is 1.46. The minimum absolute atomic E-state index is 0.191. The fourth-order valence-electron chi connectivity index (χ4n) is 4.42. The van der Waals surface area contributed by atoms with Crippen molar-refractivity contribution < 1.29 is 19.4 Å². The lowest BCUT2D eigenvalue weighted by Gasteiger charge is -2.30. The van der Waals surface area contributed by atoms with E-state index < -0.39 is 23.5 Å². The smallest absolute Gasteiger partial charge is 0.407 e. The second-order valence-corrected chi connectivity index (χ2v) is 11.6. The van der Waals surface area contributed by atoms with Gasteiger partial charge in [-0.25, -0.2) is 9.59 Å². The van der Waals surface area contributed by atoms with Crippen molar-refractivity contribution >= 4 is 12.1 Å². The van der Waals surface area contributed by atoms with Crippen LogP contribution < -0.4 is 10.6 Å². The van der Waals surface area contributed by atoms with E-state index in [1.54, 1.807) is 20.8 Å². The van der Waals surface area contributed by atoms with Crippen LogP contribution in [0, 0.1) is 23.2 Å². The summed E-state index contributed by atoms with van der Waals surface area (Å²) in [5, 5.41) is 15.4. The third kappa shape index (κ3) is 12.9. The van der Waals surface area contributed by atoms with Crippen LogP contribution in [0.4, 0.5) is 4.79 Å². The fourth-order valence-corrected chi connectivity index (χ4v) is 4.42. The van der Waals surface area contributed by atoms with Crippen molar-refractivity contribution in [3.8, 4) is 12.3 Å². The van der Waals surface area contributed by atoms with Crippen molar-refractivity contribution in [2.75, 3.05) is 6.61 Å². The van der Waals surface area contributed by atoms with Gasteiger partial charge < -0.3 is 20.5 Å². The first-order valence-corrected chi connectivity index (χ1v) is 12.8. The molecule has 0 saturated heterocycles. The molecule has 2 aliphatic carbocycles. The first-order valence-electron chi connectivity index (χ1n) is 12.8. The van der Waals surface area contributed by atoms with Crippen molar-refractivity contribution in [3.05, 3.63) is 0 Å². The molecule has 0 aliphatic heterocycles. The van der Waals surface area contributed by atoms with Crippen LogP contribution >= 0.6 is 0 Å². The fraction of sp³-hybridized carbons (Fsp3) is 0.852. The zero-order chi connectivity index (χ0) is 24.9. The number of amides is 1. The Labute approximate surface area is 202 Å². The SMILES string of the molecule is C#CCCC(C)(C)COC(=O)N[C@H](C(=O)O)C(C)(C)C.C1CCC(NC2CCCCC2)CC1. The van der Waals surface area contributed by atoms with E-state index in [0.717, 1.165) is 18.5 Å². The van der Waals surface area contributed by atoms with Crippen LogP contribution in [-0.2, 0) is 9.53 Å². The number of terminal acetylenes is 1. The van der Waals surface area contributed by atoms with E-state index in [4.69, 9.17) is 16.3 Å². The Hall–Kier alpha value is -1.74. The van der Waals surface area contributed by atoms with Crippen molar-refractivity contribution in [2.24, 2.45) is 10.8 Å². The van der Waals surface area contributed by atoms with Gasteiger partial charge in [0.15, 0.2) is 0 Å². The van der Waals surface area contributed by atoms with E-state index in [-0.39, 0.29) is 12.0 Å². The summed E-state index contributed by atoms with van der Waals surface area (Å²) in [5.41, 5.74) is -0.825. The molecular formula is C27H48N2O4. The van der Waals surface area contributed by atoms with E-state index in [0.29, 0.717) is 6.42 Å². The maximum atomic E-state index is 11.7. The first-order chi connectivity index (χ1) is 15.4. The van der Waals surface area contributed by atoms with Gasteiger partial charge in [0.2, 0.25) is 0 Å². The molecule has 0 heterocycles. The van der Waals surface area contributed by atoms with Crippen LogP contribution in [0.2, 0.25) is 0 Å². The van der Waals surface area contributed by atoms with Gasteiger partial charge in [-0.1, -0.05) is 73.1 Å². The number of alkyl carbamates (subject to hydrolysis) is 1. The van der Waals surface area contributed by atoms with E-state index in [1.165, 1.54) is 64.2 Å². The van der Waals surface area contributed by atoms with Gasteiger partial charge in [-0.3, -0.25) is 0 Å². The Bertz CT molecular complexity index is 605. The molecule has 0 radical (unpaired) electrons. The second-order valence-electron chi connectivity index (χ2n) is 11.6. The summed E-state index contributed by atoms with van der Waals surface area (Å²) >= 11 is 0. The van der Waals surface area contributed by atoms with Crippen molar-refractivity contribution in [2.45, 2.75) is 130 Å². The average Bonchev–Trinajstić information content (AvgIpc) is 2.76. The minimum Gasteiger partial charge on any atom is -0.480 e. The third-order valence-corrected chi connectivity index (χ3v) is 6.60. The molecular weight excluding hydrogens is 416 g/mol. The van der Waals surface area contributed by atoms with Crippen molar-refractivity contribution in [1.82, 2.24) is 10.6 Å². The number of hydrogen-bond acceptors (Lipinski definition) is 4. The van der Waals surface area contributed by atoms with E-state index in [2.05, 4.69) is 16.6 Å². The zero-order valence-corrected chi connectivity index (χ0v) is 21.7. The van der Waals surface area contributed by atoms with Gasteiger partial charge in [-0.15, -0.1) is 12.3 Å². The van der Waals surface area contributed by atoms with Gasteiger partial charge in [-0.05, 0) is 42.9 Å². The maximum absolute atomic E-state index is 11.7. The minimum atomic E-state index is -1.08. The van der Waals surface area contributed by atoms with Crippen LogP contribution in [0.15, 0.2) is 0 Å². The average molecular weight is 465 g/mol. The van der Waals surface area contributed by atoms with E-state index in [9.17, 15) is 9.59 Å². The van der Waals surface area contributed by atoms with E-state index in [1.807, 2.05) is 13.8 Å². The van der Waals surface area contributed by atoms with Crippen molar-refractivity contribution in [1.29, 1.82) is 0 Å². The predicted molar refractivity (Wildman–Crippen MR) is 134 cm³/mol. The standard InChI is InChI=1S/C15H25NO4.C12H23N/c1-7-8-9-15(5,6)10-20-13(19)16-11(12(17)18)14(2,3)4;1-3-7-11(8-4-1)13-12-9-5-2-6-10-12/h1,11H,8-10H2,2-6H3,(H,16,19)(H,17,18);11-13H,1-10H2/t11-;/m1./s1. The molecule has 1 atom stereocenters. The number of hydrogen-bond donors (Lipinski definition) is 3. The number of carboxylic acid groups (broad SMARTS) is 1. The summed E-state index contributed by atoms with van der Waals surface area (Å²) in [6.45, 7) is 9.29. The highest BCUT2D eigenvalue weighted by Gasteiger charge is 2.33. The van der Waals surface area contributed by atoms with Gasteiger partial charge in [0.1, 0.15) is 6.04 Å². The molecule has 0 aromatic heterocycles. The Balaban J connectivity index is 0.000000357.